The molecule has 8 heteroatoms. The van der Waals surface area contributed by atoms with Crippen LogP contribution < -0.4 is 16.0 Å². The molecule has 0 saturated heterocycles. The SMILES string of the molecule is CCNC(=O)C(C)NC(=O)CNCC(F)(F)F. The van der Waals surface area contributed by atoms with Gasteiger partial charge in [0.25, 0.3) is 0 Å². The molecule has 0 aliphatic rings. The van der Waals surface area contributed by atoms with Crippen molar-refractivity contribution in [3.05, 3.63) is 0 Å². The maximum Gasteiger partial charge on any atom is 0.401 e. The number of carbonyl (C=O) groups excluding carboxylic acids is 2. The van der Waals surface area contributed by atoms with Gasteiger partial charge in [0.05, 0.1) is 13.1 Å². The summed E-state index contributed by atoms with van der Waals surface area (Å²) >= 11 is 0. The summed E-state index contributed by atoms with van der Waals surface area (Å²) < 4.78 is 35.2. The van der Waals surface area contributed by atoms with Gasteiger partial charge >= 0.3 is 6.18 Å². The van der Waals surface area contributed by atoms with Crippen LogP contribution in [0.4, 0.5) is 13.2 Å². The molecule has 0 saturated carbocycles. The minimum Gasteiger partial charge on any atom is -0.355 e. The summed E-state index contributed by atoms with van der Waals surface area (Å²) in [5.74, 6) is -1.04. The van der Waals surface area contributed by atoms with Crippen molar-refractivity contribution in [3.8, 4) is 0 Å². The number of alkyl halides is 3. The summed E-state index contributed by atoms with van der Waals surface area (Å²) in [7, 11) is 0. The van der Waals surface area contributed by atoms with Crippen molar-refractivity contribution < 1.29 is 22.8 Å². The van der Waals surface area contributed by atoms with E-state index in [4.69, 9.17) is 0 Å². The smallest absolute Gasteiger partial charge is 0.355 e. The summed E-state index contributed by atoms with van der Waals surface area (Å²) in [6.45, 7) is 1.87. The van der Waals surface area contributed by atoms with Gasteiger partial charge in [0.2, 0.25) is 11.8 Å². The number of carbonyl (C=O) groups is 2. The number of rotatable bonds is 6. The van der Waals surface area contributed by atoms with Gasteiger partial charge < -0.3 is 16.0 Å². The molecule has 0 aliphatic carbocycles. The minimum absolute atomic E-state index is 0.378. The average molecular weight is 255 g/mol. The highest BCUT2D eigenvalue weighted by Gasteiger charge is 2.26. The fourth-order valence-electron chi connectivity index (χ4n) is 1.00. The second-order valence-electron chi connectivity index (χ2n) is 3.40. The molecule has 3 N–H and O–H groups in total. The van der Waals surface area contributed by atoms with Gasteiger partial charge in [0, 0.05) is 6.54 Å². The molecule has 0 aromatic rings. The molecular formula is C9H16F3N3O2. The van der Waals surface area contributed by atoms with Gasteiger partial charge in [-0.2, -0.15) is 13.2 Å². The van der Waals surface area contributed by atoms with E-state index in [0.717, 1.165) is 0 Å². The lowest BCUT2D eigenvalue weighted by atomic mass is 10.3. The van der Waals surface area contributed by atoms with Crippen LogP contribution in [0.1, 0.15) is 13.8 Å². The average Bonchev–Trinajstić information content (AvgIpc) is 2.15. The third kappa shape index (κ3) is 8.49. The van der Waals surface area contributed by atoms with E-state index in [-0.39, 0.29) is 5.91 Å². The lowest BCUT2D eigenvalue weighted by Gasteiger charge is -2.14. The van der Waals surface area contributed by atoms with Crippen LogP contribution in [0.25, 0.3) is 0 Å². The van der Waals surface area contributed by atoms with E-state index >= 15 is 0 Å². The molecule has 17 heavy (non-hydrogen) atoms. The first kappa shape index (κ1) is 15.7. The Morgan fingerprint density at radius 1 is 1.29 bits per heavy atom. The first-order valence-corrected chi connectivity index (χ1v) is 5.10. The van der Waals surface area contributed by atoms with Crippen molar-refractivity contribution in [2.24, 2.45) is 0 Å². The Hall–Kier alpha value is -1.31. The van der Waals surface area contributed by atoms with Crippen LogP contribution in [0.3, 0.4) is 0 Å². The Morgan fingerprint density at radius 3 is 2.35 bits per heavy atom. The number of halogens is 3. The summed E-state index contributed by atoms with van der Waals surface area (Å²) in [5.41, 5.74) is 0. The van der Waals surface area contributed by atoms with Crippen molar-refractivity contribution in [2.75, 3.05) is 19.6 Å². The van der Waals surface area contributed by atoms with Crippen LogP contribution in [0, 0.1) is 0 Å². The predicted octanol–water partition coefficient (Wildman–Crippen LogP) is -0.221. The molecule has 1 atom stereocenters. The quantitative estimate of drug-likeness (QED) is 0.614. The monoisotopic (exact) mass is 255 g/mol. The van der Waals surface area contributed by atoms with Gasteiger partial charge in [-0.05, 0) is 13.8 Å². The number of hydrogen-bond donors (Lipinski definition) is 3. The molecular weight excluding hydrogens is 239 g/mol. The minimum atomic E-state index is -4.36. The molecule has 0 aliphatic heterocycles. The van der Waals surface area contributed by atoms with Gasteiger partial charge in [0.1, 0.15) is 6.04 Å². The van der Waals surface area contributed by atoms with Gasteiger partial charge in [-0.15, -0.1) is 0 Å². The van der Waals surface area contributed by atoms with Crippen LogP contribution in [-0.4, -0.2) is 43.7 Å². The maximum absolute atomic E-state index is 11.7. The summed E-state index contributed by atoms with van der Waals surface area (Å²) in [5, 5.41) is 6.68. The molecule has 100 valence electrons. The Bertz CT molecular complexity index is 269. The van der Waals surface area contributed by atoms with E-state index < -0.39 is 31.2 Å². The number of hydrogen-bond acceptors (Lipinski definition) is 3. The molecule has 0 aromatic carbocycles. The first-order chi connectivity index (χ1) is 7.76. The predicted molar refractivity (Wildman–Crippen MR) is 55.2 cm³/mol. The van der Waals surface area contributed by atoms with E-state index in [1.54, 1.807) is 6.92 Å². The summed E-state index contributed by atoms with van der Waals surface area (Å²) in [6, 6.07) is -0.768. The Labute approximate surface area is 97.1 Å². The number of nitrogens with one attached hydrogen (secondary N) is 3. The third-order valence-corrected chi connectivity index (χ3v) is 1.73. The van der Waals surface area contributed by atoms with E-state index in [2.05, 4.69) is 10.6 Å². The lowest BCUT2D eigenvalue weighted by Crippen LogP contribution is -2.48. The van der Waals surface area contributed by atoms with Gasteiger partial charge in [-0.3, -0.25) is 9.59 Å². The zero-order valence-corrected chi connectivity index (χ0v) is 9.65. The molecule has 0 aromatic heterocycles. The fourth-order valence-corrected chi connectivity index (χ4v) is 1.00. The number of amides is 2. The molecule has 2 amide bonds. The Kier molecular flexibility index (Phi) is 6.55. The zero-order chi connectivity index (χ0) is 13.5. The van der Waals surface area contributed by atoms with Crippen molar-refractivity contribution >= 4 is 11.8 Å². The van der Waals surface area contributed by atoms with Crippen LogP contribution in [0.15, 0.2) is 0 Å². The van der Waals surface area contributed by atoms with Crippen LogP contribution in [-0.2, 0) is 9.59 Å². The largest absolute Gasteiger partial charge is 0.401 e. The van der Waals surface area contributed by atoms with Gasteiger partial charge in [-0.25, -0.2) is 0 Å². The zero-order valence-electron chi connectivity index (χ0n) is 9.65. The van der Waals surface area contributed by atoms with Crippen LogP contribution in [0.2, 0.25) is 0 Å². The standard InChI is InChI=1S/C9H16F3N3O2/c1-3-14-8(17)6(2)15-7(16)4-13-5-9(10,11)12/h6,13H,3-5H2,1-2H3,(H,14,17)(H,15,16). The maximum atomic E-state index is 11.7. The molecule has 1 unspecified atom stereocenters. The highest BCUT2D eigenvalue weighted by Crippen LogP contribution is 2.11. The van der Waals surface area contributed by atoms with Crippen molar-refractivity contribution in [1.29, 1.82) is 0 Å². The third-order valence-electron chi connectivity index (χ3n) is 1.73. The van der Waals surface area contributed by atoms with Crippen LogP contribution >= 0.6 is 0 Å². The van der Waals surface area contributed by atoms with Crippen molar-refractivity contribution in [1.82, 2.24) is 16.0 Å². The highest BCUT2D eigenvalue weighted by atomic mass is 19.4. The van der Waals surface area contributed by atoms with E-state index in [1.807, 2.05) is 5.32 Å². The second-order valence-corrected chi connectivity index (χ2v) is 3.40. The highest BCUT2D eigenvalue weighted by molar-refractivity contribution is 5.87. The van der Waals surface area contributed by atoms with E-state index in [0.29, 0.717) is 6.54 Å². The molecule has 0 bridgehead atoms. The Morgan fingerprint density at radius 2 is 1.88 bits per heavy atom. The van der Waals surface area contributed by atoms with E-state index in [1.165, 1.54) is 6.92 Å². The van der Waals surface area contributed by atoms with Crippen molar-refractivity contribution in [3.63, 3.8) is 0 Å². The molecule has 0 heterocycles. The Balaban J connectivity index is 3.82. The molecule has 5 nitrogen and oxygen atoms in total. The topological polar surface area (TPSA) is 70.2 Å². The number of likely N-dealkylation sites (N-methyl/N-ethyl adjacent to an activating group) is 1. The first-order valence-electron chi connectivity index (χ1n) is 5.10. The molecule has 0 radical (unpaired) electrons. The van der Waals surface area contributed by atoms with Gasteiger partial charge in [0.15, 0.2) is 0 Å². The molecule has 0 fully saturated rings. The normalized spacial score (nSPS) is 13.0. The lowest BCUT2D eigenvalue weighted by molar-refractivity contribution is -0.131. The fraction of sp³-hybridized carbons (Fsp3) is 0.778. The summed E-state index contributed by atoms with van der Waals surface area (Å²) in [6.07, 6.45) is -4.36. The second kappa shape index (κ2) is 7.10. The van der Waals surface area contributed by atoms with Crippen LogP contribution in [0.5, 0.6) is 0 Å². The van der Waals surface area contributed by atoms with Gasteiger partial charge in [-0.1, -0.05) is 0 Å². The molecule has 0 rings (SSSR count). The van der Waals surface area contributed by atoms with Crippen molar-refractivity contribution in [2.45, 2.75) is 26.1 Å². The summed E-state index contributed by atoms with van der Waals surface area (Å²) in [4.78, 5) is 22.3. The molecule has 0 spiro atoms. The van der Waals surface area contributed by atoms with E-state index in [9.17, 15) is 22.8 Å².